The predicted octanol–water partition coefficient (Wildman–Crippen LogP) is 1.44. The van der Waals surface area contributed by atoms with Crippen molar-refractivity contribution < 1.29 is 9.47 Å². The Bertz CT molecular complexity index is 372. The Morgan fingerprint density at radius 3 is 2.81 bits per heavy atom. The third-order valence-corrected chi connectivity index (χ3v) is 3.17. The van der Waals surface area contributed by atoms with E-state index < -0.39 is 0 Å². The third-order valence-electron chi connectivity index (χ3n) is 2.93. The summed E-state index contributed by atoms with van der Waals surface area (Å²) < 4.78 is 13.2. The number of rotatable bonds is 3. The van der Waals surface area contributed by atoms with Gasteiger partial charge in [0.05, 0.1) is 25.7 Å². The fourth-order valence-electron chi connectivity index (χ4n) is 2.02. The summed E-state index contributed by atoms with van der Waals surface area (Å²) in [6.45, 7) is 1.85. The molecule has 0 N–H and O–H groups in total. The summed E-state index contributed by atoms with van der Waals surface area (Å²) >= 11 is 5.86. The van der Waals surface area contributed by atoms with Crippen LogP contribution in [-0.2, 0) is 15.4 Å². The molecule has 0 radical (unpaired) electrons. The summed E-state index contributed by atoms with van der Waals surface area (Å²) in [5, 5.41) is 8.31. The first kappa shape index (κ1) is 10.5. The number of halogens is 1. The molecule has 0 spiro atoms. The van der Waals surface area contributed by atoms with Crippen molar-refractivity contribution in [1.29, 1.82) is 0 Å². The van der Waals surface area contributed by atoms with Crippen LogP contribution in [0, 0.1) is 0 Å². The molecule has 1 aromatic rings. The van der Waals surface area contributed by atoms with Crippen LogP contribution in [0.4, 0.5) is 0 Å². The van der Waals surface area contributed by atoms with Gasteiger partial charge in [-0.05, 0) is 12.8 Å². The lowest BCUT2D eigenvalue weighted by Crippen LogP contribution is -2.25. The Kier molecular flexibility index (Phi) is 2.83. The third kappa shape index (κ3) is 1.83. The normalized spacial score (nSPS) is 25.9. The highest BCUT2D eigenvalue weighted by molar-refractivity contribution is 6.16. The van der Waals surface area contributed by atoms with Crippen molar-refractivity contribution in [3.05, 3.63) is 11.6 Å². The molecular weight excluding hydrogens is 230 g/mol. The molecule has 0 amide bonds. The van der Waals surface area contributed by atoms with Crippen molar-refractivity contribution in [2.75, 3.05) is 19.8 Å². The largest absolute Gasteiger partial charge is 0.376 e. The van der Waals surface area contributed by atoms with Crippen LogP contribution in [-0.4, -0.2) is 34.6 Å². The SMILES string of the molecule is ClCc1nnc(C2COCCO2)n1C1CC1. The Morgan fingerprint density at radius 2 is 2.19 bits per heavy atom. The van der Waals surface area contributed by atoms with Crippen LogP contribution < -0.4 is 0 Å². The molecule has 1 aliphatic carbocycles. The summed E-state index contributed by atoms with van der Waals surface area (Å²) in [6, 6.07) is 0.518. The summed E-state index contributed by atoms with van der Waals surface area (Å²) in [5.74, 6) is 2.11. The summed E-state index contributed by atoms with van der Waals surface area (Å²) in [6.07, 6.45) is 2.28. The molecule has 1 aliphatic heterocycles. The first-order valence-electron chi connectivity index (χ1n) is 5.59. The zero-order chi connectivity index (χ0) is 11.0. The molecule has 1 saturated heterocycles. The average Bonchev–Trinajstić information content (AvgIpc) is 3.09. The minimum atomic E-state index is -0.0844. The monoisotopic (exact) mass is 243 g/mol. The molecular formula is C10H14ClN3O2. The van der Waals surface area contributed by atoms with Crippen LogP contribution in [0.5, 0.6) is 0 Å². The molecule has 2 fully saturated rings. The highest BCUT2D eigenvalue weighted by Gasteiger charge is 2.33. The van der Waals surface area contributed by atoms with E-state index in [1.807, 2.05) is 0 Å². The topological polar surface area (TPSA) is 49.2 Å². The molecule has 1 saturated carbocycles. The van der Waals surface area contributed by atoms with E-state index in [0.717, 1.165) is 11.6 Å². The Balaban J connectivity index is 1.89. The molecule has 2 heterocycles. The lowest BCUT2D eigenvalue weighted by molar-refractivity contribution is -0.0948. The smallest absolute Gasteiger partial charge is 0.164 e. The van der Waals surface area contributed by atoms with E-state index in [4.69, 9.17) is 21.1 Å². The van der Waals surface area contributed by atoms with E-state index >= 15 is 0 Å². The predicted molar refractivity (Wildman–Crippen MR) is 57.4 cm³/mol. The molecule has 16 heavy (non-hydrogen) atoms. The maximum atomic E-state index is 5.86. The van der Waals surface area contributed by atoms with Crippen LogP contribution >= 0.6 is 11.6 Å². The van der Waals surface area contributed by atoms with Gasteiger partial charge in [0.1, 0.15) is 11.9 Å². The molecule has 2 aliphatic rings. The maximum Gasteiger partial charge on any atom is 0.164 e. The minimum absolute atomic E-state index is 0.0844. The second-order valence-electron chi connectivity index (χ2n) is 4.14. The summed E-state index contributed by atoms with van der Waals surface area (Å²) in [4.78, 5) is 0. The summed E-state index contributed by atoms with van der Waals surface area (Å²) in [7, 11) is 0. The van der Waals surface area contributed by atoms with Gasteiger partial charge in [0.2, 0.25) is 0 Å². The van der Waals surface area contributed by atoms with Gasteiger partial charge in [0.25, 0.3) is 0 Å². The fourth-order valence-corrected chi connectivity index (χ4v) is 2.20. The molecule has 1 atom stereocenters. The number of ether oxygens (including phenoxy) is 2. The van der Waals surface area contributed by atoms with Crippen molar-refractivity contribution in [2.45, 2.75) is 30.9 Å². The van der Waals surface area contributed by atoms with Gasteiger partial charge >= 0.3 is 0 Å². The van der Waals surface area contributed by atoms with Crippen LogP contribution in [0.2, 0.25) is 0 Å². The van der Waals surface area contributed by atoms with Crippen LogP contribution in [0.15, 0.2) is 0 Å². The first-order valence-corrected chi connectivity index (χ1v) is 6.12. The molecule has 5 nitrogen and oxygen atoms in total. The summed E-state index contributed by atoms with van der Waals surface area (Å²) in [5.41, 5.74) is 0. The van der Waals surface area contributed by atoms with Crippen LogP contribution in [0.3, 0.4) is 0 Å². The molecule has 0 bridgehead atoms. The van der Waals surface area contributed by atoms with Crippen molar-refractivity contribution in [3.8, 4) is 0 Å². The van der Waals surface area contributed by atoms with E-state index in [9.17, 15) is 0 Å². The van der Waals surface area contributed by atoms with Crippen LogP contribution in [0.1, 0.15) is 36.6 Å². The first-order chi connectivity index (χ1) is 7.90. The van der Waals surface area contributed by atoms with Gasteiger partial charge in [-0.3, -0.25) is 0 Å². The molecule has 6 heteroatoms. The molecule has 3 rings (SSSR count). The Labute approximate surface area is 98.7 Å². The highest BCUT2D eigenvalue weighted by atomic mass is 35.5. The van der Waals surface area contributed by atoms with Crippen molar-refractivity contribution in [1.82, 2.24) is 14.8 Å². The molecule has 1 unspecified atom stereocenters. The second-order valence-corrected chi connectivity index (χ2v) is 4.41. The van der Waals surface area contributed by atoms with E-state index in [0.29, 0.717) is 31.7 Å². The van der Waals surface area contributed by atoms with Gasteiger partial charge in [0.15, 0.2) is 5.82 Å². The molecule has 0 aromatic carbocycles. The van der Waals surface area contributed by atoms with E-state index in [2.05, 4.69) is 14.8 Å². The van der Waals surface area contributed by atoms with E-state index in [1.54, 1.807) is 0 Å². The quantitative estimate of drug-likeness (QED) is 0.754. The lowest BCUT2D eigenvalue weighted by Gasteiger charge is -2.22. The van der Waals surface area contributed by atoms with E-state index in [1.165, 1.54) is 12.8 Å². The lowest BCUT2D eigenvalue weighted by atomic mass is 10.3. The Morgan fingerprint density at radius 1 is 1.31 bits per heavy atom. The second kappa shape index (κ2) is 4.31. The number of alkyl halides is 1. The van der Waals surface area contributed by atoms with Gasteiger partial charge in [-0.2, -0.15) is 0 Å². The Hall–Kier alpha value is -0.650. The number of aromatic nitrogens is 3. The van der Waals surface area contributed by atoms with Crippen LogP contribution in [0.25, 0.3) is 0 Å². The van der Waals surface area contributed by atoms with Gasteiger partial charge in [-0.15, -0.1) is 21.8 Å². The van der Waals surface area contributed by atoms with Crippen molar-refractivity contribution in [2.24, 2.45) is 0 Å². The van der Waals surface area contributed by atoms with Crippen molar-refractivity contribution >= 4 is 11.6 Å². The molecule has 88 valence electrons. The highest BCUT2D eigenvalue weighted by Crippen LogP contribution is 2.38. The van der Waals surface area contributed by atoms with Crippen molar-refractivity contribution in [3.63, 3.8) is 0 Å². The van der Waals surface area contributed by atoms with Gasteiger partial charge in [-0.25, -0.2) is 0 Å². The zero-order valence-corrected chi connectivity index (χ0v) is 9.69. The number of nitrogens with zero attached hydrogens (tertiary/aromatic N) is 3. The van der Waals surface area contributed by atoms with Gasteiger partial charge in [0, 0.05) is 6.04 Å². The fraction of sp³-hybridized carbons (Fsp3) is 0.800. The maximum absolute atomic E-state index is 5.86. The van der Waals surface area contributed by atoms with E-state index in [-0.39, 0.29) is 6.10 Å². The molecule has 1 aromatic heterocycles. The standard InChI is InChI=1S/C10H14ClN3O2/c11-5-9-12-13-10(14(9)7-1-2-7)8-6-15-3-4-16-8/h7-8H,1-6H2. The van der Waals surface area contributed by atoms with Gasteiger partial charge in [-0.1, -0.05) is 0 Å². The van der Waals surface area contributed by atoms with Gasteiger partial charge < -0.3 is 14.0 Å². The minimum Gasteiger partial charge on any atom is -0.376 e. The number of hydrogen-bond donors (Lipinski definition) is 0. The zero-order valence-electron chi connectivity index (χ0n) is 8.93. The average molecular weight is 244 g/mol. The number of hydrogen-bond acceptors (Lipinski definition) is 4.